The lowest BCUT2D eigenvalue weighted by molar-refractivity contribution is 0.472. The van der Waals surface area contributed by atoms with Gasteiger partial charge in [-0.25, -0.2) is 0 Å². The van der Waals surface area contributed by atoms with Gasteiger partial charge in [0.15, 0.2) is 8.24 Å². The maximum absolute atomic E-state index is 6.28. The quantitative estimate of drug-likeness (QED) is 0.724. The Morgan fingerprint density at radius 3 is 1.85 bits per heavy atom. The second-order valence-electron chi connectivity index (χ2n) is 8.77. The van der Waals surface area contributed by atoms with Crippen LogP contribution in [-0.4, -0.2) is 26.0 Å². The van der Waals surface area contributed by atoms with E-state index in [1.165, 1.54) is 0 Å². The first-order valence-corrected chi connectivity index (χ1v) is 13.3. The van der Waals surface area contributed by atoms with Gasteiger partial charge in [0, 0.05) is 12.3 Å². The van der Waals surface area contributed by atoms with Crippen molar-refractivity contribution in [1.82, 2.24) is 9.45 Å². The zero-order valence-electron chi connectivity index (χ0n) is 15.0. The van der Waals surface area contributed by atoms with Gasteiger partial charge in [0.2, 0.25) is 5.88 Å². The van der Waals surface area contributed by atoms with Crippen LogP contribution in [0.3, 0.4) is 0 Å². The standard InChI is InChI=1S/C15H32N2OSi2/c1-14(2,3)19(7,8)17-12-11-13(16-17)18-20(9,10)15(4,5)6/h11-12H,1-10H3. The van der Waals surface area contributed by atoms with Crippen LogP contribution in [-0.2, 0) is 0 Å². The molecule has 0 aromatic carbocycles. The molecular formula is C15H32N2OSi2. The molecule has 1 rings (SSSR count). The van der Waals surface area contributed by atoms with Crippen molar-refractivity contribution in [2.45, 2.75) is 77.8 Å². The van der Waals surface area contributed by atoms with Gasteiger partial charge in [-0.05, 0) is 36.3 Å². The summed E-state index contributed by atoms with van der Waals surface area (Å²) in [6.45, 7) is 22.9. The summed E-state index contributed by atoms with van der Waals surface area (Å²) in [5.41, 5.74) is 0. The van der Waals surface area contributed by atoms with E-state index < -0.39 is 16.6 Å². The summed E-state index contributed by atoms with van der Waals surface area (Å²) in [6.07, 6.45) is 2.10. The summed E-state index contributed by atoms with van der Waals surface area (Å²) in [4.78, 5) is 0. The molecule has 0 aliphatic carbocycles. The van der Waals surface area contributed by atoms with E-state index in [-0.39, 0.29) is 10.1 Å². The first-order chi connectivity index (χ1) is 8.68. The summed E-state index contributed by atoms with van der Waals surface area (Å²) in [7, 11) is -3.44. The predicted octanol–water partition coefficient (Wildman–Crippen LogP) is 5.12. The molecule has 5 heteroatoms. The van der Waals surface area contributed by atoms with E-state index in [4.69, 9.17) is 9.52 Å². The van der Waals surface area contributed by atoms with Crippen molar-refractivity contribution in [3.8, 4) is 5.88 Å². The smallest absolute Gasteiger partial charge is 0.252 e. The van der Waals surface area contributed by atoms with Crippen LogP contribution in [0.2, 0.25) is 36.3 Å². The van der Waals surface area contributed by atoms with Gasteiger partial charge in [-0.15, -0.1) is 5.10 Å². The van der Waals surface area contributed by atoms with Crippen molar-refractivity contribution in [2.24, 2.45) is 0 Å². The Balaban J connectivity index is 3.01. The Morgan fingerprint density at radius 1 is 0.950 bits per heavy atom. The minimum absolute atomic E-state index is 0.202. The first-order valence-electron chi connectivity index (χ1n) is 7.44. The van der Waals surface area contributed by atoms with Crippen molar-refractivity contribution in [1.29, 1.82) is 0 Å². The van der Waals surface area contributed by atoms with E-state index in [2.05, 4.69) is 78.3 Å². The van der Waals surface area contributed by atoms with Crippen LogP contribution in [0.25, 0.3) is 0 Å². The van der Waals surface area contributed by atoms with Crippen LogP contribution in [0.4, 0.5) is 0 Å². The van der Waals surface area contributed by atoms with E-state index in [1.807, 2.05) is 6.07 Å². The Kier molecular flexibility index (Phi) is 4.39. The lowest BCUT2D eigenvalue weighted by atomic mass is 10.2. The largest absolute Gasteiger partial charge is 0.530 e. The van der Waals surface area contributed by atoms with Gasteiger partial charge < -0.3 is 4.43 Å². The van der Waals surface area contributed by atoms with Crippen molar-refractivity contribution >= 4 is 16.6 Å². The molecule has 1 heterocycles. The van der Waals surface area contributed by atoms with Gasteiger partial charge in [-0.2, -0.15) is 0 Å². The Morgan fingerprint density at radius 2 is 1.45 bits per heavy atom. The Bertz CT molecular complexity index is 465. The van der Waals surface area contributed by atoms with Gasteiger partial charge >= 0.3 is 0 Å². The molecule has 0 saturated carbocycles. The third-order valence-electron chi connectivity index (χ3n) is 5.14. The second kappa shape index (κ2) is 5.02. The van der Waals surface area contributed by atoms with E-state index >= 15 is 0 Å². The van der Waals surface area contributed by atoms with Crippen molar-refractivity contribution < 1.29 is 4.43 Å². The molecule has 0 bridgehead atoms. The molecule has 0 amide bonds. The molecule has 3 nitrogen and oxygen atoms in total. The highest BCUT2D eigenvalue weighted by Gasteiger charge is 2.41. The summed E-state index contributed by atoms with van der Waals surface area (Å²) >= 11 is 0. The Labute approximate surface area is 126 Å². The first kappa shape index (κ1) is 17.5. The summed E-state index contributed by atoms with van der Waals surface area (Å²) in [5, 5.41) is 5.21. The summed E-state index contributed by atoms with van der Waals surface area (Å²) in [5.74, 6) is 0.793. The molecule has 116 valence electrons. The molecule has 1 aromatic heterocycles. The van der Waals surface area contributed by atoms with E-state index in [0.29, 0.717) is 0 Å². The predicted molar refractivity (Wildman–Crippen MR) is 92.6 cm³/mol. The number of hydrogen-bond acceptors (Lipinski definition) is 2. The third kappa shape index (κ3) is 3.36. The lowest BCUT2D eigenvalue weighted by Crippen LogP contribution is -2.46. The maximum atomic E-state index is 6.28. The summed E-state index contributed by atoms with van der Waals surface area (Å²) < 4.78 is 8.46. The fraction of sp³-hybridized carbons (Fsp3) is 0.800. The monoisotopic (exact) mass is 312 g/mol. The fourth-order valence-corrected chi connectivity index (χ4v) is 3.85. The number of hydrogen-bond donors (Lipinski definition) is 0. The van der Waals surface area contributed by atoms with Crippen molar-refractivity contribution in [2.75, 3.05) is 0 Å². The average molecular weight is 313 g/mol. The minimum Gasteiger partial charge on any atom is -0.530 e. The van der Waals surface area contributed by atoms with Crippen molar-refractivity contribution in [3.05, 3.63) is 12.3 Å². The van der Waals surface area contributed by atoms with Crippen LogP contribution in [0.1, 0.15) is 41.5 Å². The van der Waals surface area contributed by atoms with Crippen LogP contribution in [0.15, 0.2) is 12.3 Å². The van der Waals surface area contributed by atoms with Gasteiger partial charge in [0.25, 0.3) is 8.32 Å². The Hall–Kier alpha value is -0.556. The zero-order chi connectivity index (χ0) is 16.0. The molecule has 0 saturated heterocycles. The normalized spacial score (nSPS) is 14.5. The average Bonchev–Trinajstić information content (AvgIpc) is 2.62. The number of nitrogens with zero attached hydrogens (tertiary/aromatic N) is 2. The van der Waals surface area contributed by atoms with Gasteiger partial charge in [-0.1, -0.05) is 41.5 Å². The van der Waals surface area contributed by atoms with Crippen LogP contribution < -0.4 is 4.43 Å². The highest BCUT2D eigenvalue weighted by atomic mass is 28.4. The molecule has 0 atom stereocenters. The minimum atomic E-state index is -1.80. The van der Waals surface area contributed by atoms with Crippen molar-refractivity contribution in [3.63, 3.8) is 0 Å². The number of rotatable bonds is 3. The molecule has 0 aliphatic heterocycles. The molecule has 0 fully saturated rings. The maximum Gasteiger partial charge on any atom is 0.252 e. The highest BCUT2D eigenvalue weighted by molar-refractivity contribution is 6.78. The second-order valence-corrected chi connectivity index (χ2v) is 18.6. The molecule has 1 aromatic rings. The third-order valence-corrected chi connectivity index (χ3v) is 14.5. The zero-order valence-corrected chi connectivity index (χ0v) is 17.0. The SMILES string of the molecule is CC(C)(C)[Si](C)(C)Oc1ccn([Si](C)(C)C(C)(C)C)n1. The van der Waals surface area contributed by atoms with Gasteiger partial charge in [0.1, 0.15) is 0 Å². The van der Waals surface area contributed by atoms with E-state index in [9.17, 15) is 0 Å². The number of aromatic nitrogens is 2. The fourth-order valence-electron chi connectivity index (χ4n) is 1.43. The van der Waals surface area contributed by atoms with Crippen LogP contribution in [0, 0.1) is 0 Å². The van der Waals surface area contributed by atoms with Crippen LogP contribution in [0.5, 0.6) is 5.88 Å². The molecule has 0 aliphatic rings. The lowest BCUT2D eigenvalue weighted by Gasteiger charge is -2.37. The summed E-state index contributed by atoms with van der Waals surface area (Å²) in [6, 6.07) is 2.03. The topological polar surface area (TPSA) is 27.1 Å². The van der Waals surface area contributed by atoms with E-state index in [0.717, 1.165) is 5.88 Å². The molecule has 20 heavy (non-hydrogen) atoms. The molecular weight excluding hydrogens is 280 g/mol. The molecule has 0 radical (unpaired) electrons. The van der Waals surface area contributed by atoms with Gasteiger partial charge in [0.05, 0.1) is 0 Å². The van der Waals surface area contributed by atoms with Crippen LogP contribution >= 0.6 is 0 Å². The van der Waals surface area contributed by atoms with E-state index in [1.54, 1.807) is 0 Å². The highest BCUT2D eigenvalue weighted by Crippen LogP contribution is 2.39. The molecule has 0 spiro atoms. The van der Waals surface area contributed by atoms with Gasteiger partial charge in [-0.3, -0.25) is 4.35 Å². The molecule has 0 unspecified atom stereocenters. The molecule has 0 N–H and O–H groups in total.